The normalized spacial score (nSPS) is 18.0. The van der Waals surface area contributed by atoms with E-state index in [1.54, 1.807) is 6.20 Å². The number of fused-ring (bicyclic) bond motifs is 1. The lowest BCUT2D eigenvalue weighted by Crippen LogP contribution is -2.32. The lowest BCUT2D eigenvalue weighted by Gasteiger charge is -2.27. The fourth-order valence-electron chi connectivity index (χ4n) is 2.88. The molecule has 25 heavy (non-hydrogen) atoms. The van der Waals surface area contributed by atoms with E-state index in [0.29, 0.717) is 18.4 Å². The number of aryl methyl sites for hydroxylation is 1. The Labute approximate surface area is 151 Å². The van der Waals surface area contributed by atoms with Crippen LogP contribution in [0.1, 0.15) is 23.6 Å². The van der Waals surface area contributed by atoms with Crippen molar-refractivity contribution >= 4 is 27.6 Å². The fourth-order valence-corrected chi connectivity index (χ4v) is 5.09. The number of halogens is 2. The molecule has 0 fully saturated rings. The van der Waals surface area contributed by atoms with E-state index in [-0.39, 0.29) is 11.8 Å². The maximum absolute atomic E-state index is 14.1. The van der Waals surface area contributed by atoms with Crippen LogP contribution in [0.5, 0.6) is 0 Å². The van der Waals surface area contributed by atoms with E-state index < -0.39 is 23.6 Å². The zero-order valence-corrected chi connectivity index (χ0v) is 14.8. The van der Waals surface area contributed by atoms with Gasteiger partial charge in [0.15, 0.2) is 5.16 Å². The van der Waals surface area contributed by atoms with Crippen molar-refractivity contribution < 1.29 is 18.7 Å². The third-order valence-corrected chi connectivity index (χ3v) is 6.45. The first-order valence-corrected chi connectivity index (χ1v) is 10.0. The summed E-state index contributed by atoms with van der Waals surface area (Å²) in [6.45, 7) is 0. The van der Waals surface area contributed by atoms with Crippen molar-refractivity contribution in [3.8, 4) is 0 Å². The highest BCUT2D eigenvalue weighted by molar-refractivity contribution is 8.76. The van der Waals surface area contributed by atoms with Crippen LogP contribution < -0.4 is 5.73 Å². The fraction of sp³-hybridized carbons (Fsp3) is 0.375. The van der Waals surface area contributed by atoms with E-state index in [9.17, 15) is 13.6 Å². The van der Waals surface area contributed by atoms with Crippen molar-refractivity contribution in [1.29, 1.82) is 0 Å². The monoisotopic (exact) mass is 385 g/mol. The molecule has 0 aliphatic heterocycles. The van der Waals surface area contributed by atoms with Crippen LogP contribution in [0.2, 0.25) is 0 Å². The van der Waals surface area contributed by atoms with Crippen molar-refractivity contribution in [2.24, 2.45) is 5.73 Å². The van der Waals surface area contributed by atoms with Gasteiger partial charge in [-0.15, -0.1) is 0 Å². The molecule has 3 rings (SSSR count). The number of carboxylic acid groups (broad SMARTS) is 1. The molecule has 0 saturated carbocycles. The van der Waals surface area contributed by atoms with Gasteiger partial charge < -0.3 is 15.4 Å². The summed E-state index contributed by atoms with van der Waals surface area (Å²) in [4.78, 5) is 15.0. The highest BCUT2D eigenvalue weighted by Crippen LogP contribution is 2.36. The third kappa shape index (κ3) is 4.16. The highest BCUT2D eigenvalue weighted by atomic mass is 33.1. The Morgan fingerprint density at radius 3 is 3.04 bits per heavy atom. The Bertz CT molecular complexity index is 785. The molecule has 0 radical (unpaired) electrons. The average Bonchev–Trinajstić information content (AvgIpc) is 3.02. The van der Waals surface area contributed by atoms with Crippen LogP contribution >= 0.6 is 21.6 Å². The topological polar surface area (TPSA) is 81.1 Å². The maximum Gasteiger partial charge on any atom is 0.321 e. The summed E-state index contributed by atoms with van der Waals surface area (Å²) in [5.74, 6) is -1.83. The number of aromatic nitrogens is 2. The van der Waals surface area contributed by atoms with E-state index in [4.69, 9.17) is 10.8 Å². The van der Waals surface area contributed by atoms with E-state index in [0.717, 1.165) is 23.2 Å². The van der Waals surface area contributed by atoms with Crippen LogP contribution in [0.15, 0.2) is 29.7 Å². The van der Waals surface area contributed by atoms with Gasteiger partial charge in [0.1, 0.15) is 17.7 Å². The van der Waals surface area contributed by atoms with Crippen LogP contribution in [0.25, 0.3) is 0 Å². The molecule has 0 amide bonds. The van der Waals surface area contributed by atoms with E-state index in [2.05, 4.69) is 4.98 Å². The van der Waals surface area contributed by atoms with Crippen molar-refractivity contribution in [2.75, 3.05) is 5.75 Å². The van der Waals surface area contributed by atoms with Gasteiger partial charge in [-0.25, -0.2) is 13.8 Å². The summed E-state index contributed by atoms with van der Waals surface area (Å²) >= 11 is 0. The van der Waals surface area contributed by atoms with Crippen LogP contribution in [0.4, 0.5) is 8.78 Å². The summed E-state index contributed by atoms with van der Waals surface area (Å²) in [5, 5.41) is 9.53. The average molecular weight is 385 g/mol. The minimum Gasteiger partial charge on any atom is -0.480 e. The number of carboxylic acids is 1. The predicted octanol–water partition coefficient (Wildman–Crippen LogP) is 3.04. The second-order valence-electron chi connectivity index (χ2n) is 5.85. The van der Waals surface area contributed by atoms with Gasteiger partial charge in [0.25, 0.3) is 0 Å². The second kappa shape index (κ2) is 7.76. The first kappa shape index (κ1) is 18.2. The van der Waals surface area contributed by atoms with Crippen LogP contribution in [-0.2, 0) is 17.6 Å². The summed E-state index contributed by atoms with van der Waals surface area (Å²) in [7, 11) is 2.67. The number of nitrogens with two attached hydrogens (primary N) is 1. The zero-order valence-electron chi connectivity index (χ0n) is 13.2. The molecule has 0 saturated heterocycles. The smallest absolute Gasteiger partial charge is 0.321 e. The number of imidazole rings is 1. The molecule has 2 aromatic rings. The quantitative estimate of drug-likeness (QED) is 0.744. The molecule has 134 valence electrons. The number of benzene rings is 1. The number of carbonyl (C=O) groups is 1. The molecule has 3 N–H and O–H groups in total. The maximum atomic E-state index is 14.1. The molecule has 2 unspecified atom stereocenters. The number of rotatable bonds is 6. The molecule has 1 heterocycles. The Hall–Kier alpha value is -1.58. The Kier molecular flexibility index (Phi) is 5.65. The summed E-state index contributed by atoms with van der Waals surface area (Å²) < 4.78 is 29.4. The molecule has 5 nitrogen and oxygen atoms in total. The summed E-state index contributed by atoms with van der Waals surface area (Å²) in [6.07, 6.45) is 5.34. The van der Waals surface area contributed by atoms with Crippen LogP contribution in [0.3, 0.4) is 0 Å². The van der Waals surface area contributed by atoms with Gasteiger partial charge in [0.2, 0.25) is 0 Å². The molecule has 1 aliphatic carbocycles. The predicted molar refractivity (Wildman–Crippen MR) is 93.6 cm³/mol. The first-order chi connectivity index (χ1) is 12.0. The van der Waals surface area contributed by atoms with Gasteiger partial charge in [0, 0.05) is 30.3 Å². The molecule has 1 aromatic carbocycles. The van der Waals surface area contributed by atoms with Crippen LogP contribution in [-0.4, -0.2) is 32.4 Å². The SMILES string of the molecule is NC(CSSc1nccn1C1CCc2cc(F)cc(F)c2C1)C(=O)O. The summed E-state index contributed by atoms with van der Waals surface area (Å²) in [6, 6.07) is 1.44. The minimum atomic E-state index is -1.04. The van der Waals surface area contributed by atoms with Gasteiger partial charge in [-0.2, -0.15) is 0 Å². The largest absolute Gasteiger partial charge is 0.480 e. The second-order valence-corrected chi connectivity index (χ2v) is 8.16. The van der Waals surface area contributed by atoms with Gasteiger partial charge in [-0.05, 0) is 47.2 Å². The molecule has 0 bridgehead atoms. The minimum absolute atomic E-state index is 0.0335. The van der Waals surface area contributed by atoms with Crippen molar-refractivity contribution in [3.63, 3.8) is 0 Å². The van der Waals surface area contributed by atoms with E-state index >= 15 is 0 Å². The molecule has 1 aliphatic rings. The third-order valence-electron chi connectivity index (χ3n) is 4.16. The Morgan fingerprint density at radius 1 is 1.48 bits per heavy atom. The van der Waals surface area contributed by atoms with E-state index in [1.165, 1.54) is 27.7 Å². The van der Waals surface area contributed by atoms with Gasteiger partial charge in [-0.3, -0.25) is 4.79 Å². The highest BCUT2D eigenvalue weighted by Gasteiger charge is 2.25. The van der Waals surface area contributed by atoms with Gasteiger partial charge in [0.05, 0.1) is 0 Å². The molecule has 2 atom stereocenters. The molecule has 1 aromatic heterocycles. The lowest BCUT2D eigenvalue weighted by atomic mass is 9.87. The molecule has 9 heteroatoms. The lowest BCUT2D eigenvalue weighted by molar-refractivity contribution is -0.137. The van der Waals surface area contributed by atoms with Crippen molar-refractivity contribution in [3.05, 3.63) is 47.3 Å². The Morgan fingerprint density at radius 2 is 2.28 bits per heavy atom. The zero-order chi connectivity index (χ0) is 18.0. The van der Waals surface area contributed by atoms with Crippen LogP contribution in [0, 0.1) is 11.6 Å². The molecular weight excluding hydrogens is 368 g/mol. The molecular formula is C16H17F2N3O2S2. The first-order valence-electron chi connectivity index (χ1n) is 7.73. The molecule has 0 spiro atoms. The van der Waals surface area contributed by atoms with E-state index in [1.807, 2.05) is 10.8 Å². The Balaban J connectivity index is 1.69. The number of hydrogen-bond acceptors (Lipinski definition) is 5. The van der Waals surface area contributed by atoms with Crippen molar-refractivity contribution in [1.82, 2.24) is 9.55 Å². The number of nitrogens with zero attached hydrogens (tertiary/aromatic N) is 2. The van der Waals surface area contributed by atoms with Gasteiger partial charge >= 0.3 is 5.97 Å². The van der Waals surface area contributed by atoms with Gasteiger partial charge in [-0.1, -0.05) is 10.8 Å². The van der Waals surface area contributed by atoms with Crippen molar-refractivity contribution in [2.45, 2.75) is 36.5 Å². The number of aliphatic carboxylic acids is 1. The standard InChI is InChI=1S/C16H17F2N3O2S2/c17-10-5-9-1-2-11(7-12(9)13(18)6-10)21-4-3-20-16(21)25-24-8-14(19)15(22)23/h3-6,11,14H,1-2,7-8,19H2,(H,22,23). The number of hydrogen-bond donors (Lipinski definition) is 2. The summed E-state index contributed by atoms with van der Waals surface area (Å²) in [5.41, 5.74) is 6.77.